The number of carboxylic acids is 1. The number of benzene rings is 1. The lowest BCUT2D eigenvalue weighted by molar-refractivity contribution is -0.141. The van der Waals surface area contributed by atoms with Gasteiger partial charge in [0.05, 0.1) is 24.9 Å². The first-order chi connectivity index (χ1) is 18.8. The average Bonchev–Trinajstić information content (AvgIpc) is 3.07. The van der Waals surface area contributed by atoms with Gasteiger partial charge in [0.1, 0.15) is 0 Å². The van der Waals surface area contributed by atoms with E-state index in [9.17, 15) is 14.4 Å². The number of aryl methyl sites for hydroxylation is 1. The summed E-state index contributed by atoms with van der Waals surface area (Å²) in [6.07, 6.45) is 6.35. The summed E-state index contributed by atoms with van der Waals surface area (Å²) >= 11 is 0. The van der Waals surface area contributed by atoms with E-state index < -0.39 is 11.9 Å². The van der Waals surface area contributed by atoms with Crippen molar-refractivity contribution in [1.82, 2.24) is 20.5 Å². The molecule has 1 aliphatic rings. The molecule has 1 aromatic heterocycles. The number of hydrogen-bond donors (Lipinski definition) is 3. The number of carbonyl (C=O) groups excluding carboxylic acids is 2. The van der Waals surface area contributed by atoms with E-state index in [1.54, 1.807) is 24.5 Å². The largest absolute Gasteiger partial charge is 0.481 e. The fraction of sp³-hybridized carbons (Fsp3) is 0.483. The zero-order valence-corrected chi connectivity index (χ0v) is 24.4. The van der Waals surface area contributed by atoms with Crippen LogP contribution in [0.1, 0.15) is 53.2 Å². The van der Waals surface area contributed by atoms with Crippen LogP contribution in [-0.2, 0) is 29.0 Å². The van der Waals surface area contributed by atoms with Crippen molar-refractivity contribution in [3.05, 3.63) is 65.0 Å². The van der Waals surface area contributed by atoms with Gasteiger partial charge in [-0.05, 0) is 94.2 Å². The summed E-state index contributed by atoms with van der Waals surface area (Å²) in [5.74, 6) is -2.07. The highest BCUT2D eigenvalue weighted by molar-refractivity contribution is 5.94. The Labute approximate surface area is 242 Å². The molecule has 0 aliphatic carbocycles. The molecule has 0 fully saturated rings. The summed E-state index contributed by atoms with van der Waals surface area (Å²) in [7, 11) is 4.12. The van der Waals surface area contributed by atoms with Gasteiger partial charge in [-0.3, -0.25) is 19.4 Å². The van der Waals surface area contributed by atoms with Crippen LogP contribution in [0.2, 0.25) is 0 Å². The third-order valence-corrected chi connectivity index (χ3v) is 6.03. The van der Waals surface area contributed by atoms with E-state index in [-0.39, 0.29) is 30.6 Å². The summed E-state index contributed by atoms with van der Waals surface area (Å²) in [6.45, 7) is 5.57. The lowest BCUT2D eigenvalue weighted by Crippen LogP contribution is -2.30. The SMILES string of the molecule is CCN=C=NCCCN(C)C.Cl.O=C(O)CC1Cc2cc(C(=O)NCCCc3ccncc3)ccc2CNC1=O. The van der Waals surface area contributed by atoms with Crippen molar-refractivity contribution < 1.29 is 19.5 Å². The summed E-state index contributed by atoms with van der Waals surface area (Å²) in [4.78, 5) is 49.5. The van der Waals surface area contributed by atoms with Gasteiger partial charge >= 0.3 is 5.97 Å². The van der Waals surface area contributed by atoms with Crippen molar-refractivity contribution in [2.75, 3.05) is 40.3 Å². The second-order valence-electron chi connectivity index (χ2n) is 9.53. The highest BCUT2D eigenvalue weighted by Crippen LogP contribution is 2.22. The Bertz CT molecular complexity index is 1140. The van der Waals surface area contributed by atoms with Crippen LogP contribution >= 0.6 is 12.4 Å². The van der Waals surface area contributed by atoms with Gasteiger partial charge in [0.25, 0.3) is 5.91 Å². The fourth-order valence-electron chi connectivity index (χ4n) is 3.97. The second-order valence-corrected chi connectivity index (χ2v) is 9.53. The van der Waals surface area contributed by atoms with Crippen molar-refractivity contribution in [3.63, 3.8) is 0 Å². The molecule has 1 aromatic carbocycles. The molecule has 11 heteroatoms. The number of pyridine rings is 1. The normalized spacial score (nSPS) is 13.7. The molecule has 40 heavy (non-hydrogen) atoms. The van der Waals surface area contributed by atoms with E-state index in [1.165, 1.54) is 5.56 Å². The number of halogens is 1. The number of hydrogen-bond acceptors (Lipinski definition) is 7. The van der Waals surface area contributed by atoms with Crippen molar-refractivity contribution in [3.8, 4) is 0 Å². The van der Waals surface area contributed by atoms with E-state index in [1.807, 2.05) is 25.1 Å². The molecular weight excluding hydrogens is 532 g/mol. The van der Waals surface area contributed by atoms with Gasteiger partial charge in [0, 0.05) is 37.6 Å². The van der Waals surface area contributed by atoms with Gasteiger partial charge in [-0.2, -0.15) is 0 Å². The molecule has 2 amide bonds. The highest BCUT2D eigenvalue weighted by Gasteiger charge is 2.26. The predicted octanol–water partition coefficient (Wildman–Crippen LogP) is 3.26. The molecule has 2 heterocycles. The molecule has 0 spiro atoms. The lowest BCUT2D eigenvalue weighted by Gasteiger charge is -2.12. The number of rotatable bonds is 12. The number of aliphatic carboxylic acids is 1. The topological polar surface area (TPSA) is 136 Å². The van der Waals surface area contributed by atoms with E-state index in [0.717, 1.165) is 50.0 Å². The number of nitrogens with zero attached hydrogens (tertiary/aromatic N) is 4. The van der Waals surface area contributed by atoms with Gasteiger partial charge in [0.2, 0.25) is 5.91 Å². The molecule has 3 N–H and O–H groups in total. The van der Waals surface area contributed by atoms with Crippen molar-refractivity contribution >= 4 is 36.2 Å². The van der Waals surface area contributed by atoms with Crippen LogP contribution < -0.4 is 10.6 Å². The van der Waals surface area contributed by atoms with Crippen LogP contribution in [0, 0.1) is 5.92 Å². The monoisotopic (exact) mass is 572 g/mol. The maximum atomic E-state index is 12.5. The maximum Gasteiger partial charge on any atom is 0.304 e. The highest BCUT2D eigenvalue weighted by atomic mass is 35.5. The zero-order valence-electron chi connectivity index (χ0n) is 23.6. The number of aliphatic imine (C=N–C) groups is 2. The molecule has 1 unspecified atom stereocenters. The number of aromatic nitrogens is 1. The van der Waals surface area contributed by atoms with Crippen LogP contribution in [0.3, 0.4) is 0 Å². The molecule has 2 aromatic rings. The van der Waals surface area contributed by atoms with E-state index >= 15 is 0 Å². The molecule has 218 valence electrons. The number of fused-ring (bicyclic) bond motifs is 1. The van der Waals surface area contributed by atoms with Gasteiger partial charge in [-0.1, -0.05) is 6.07 Å². The molecule has 0 radical (unpaired) electrons. The summed E-state index contributed by atoms with van der Waals surface area (Å²) in [5, 5.41) is 14.7. The Morgan fingerprint density at radius 3 is 2.58 bits per heavy atom. The zero-order chi connectivity index (χ0) is 28.5. The quantitative estimate of drug-likeness (QED) is 0.264. The third-order valence-electron chi connectivity index (χ3n) is 6.03. The van der Waals surface area contributed by atoms with Crippen molar-refractivity contribution in [2.45, 2.75) is 45.6 Å². The Kier molecular flexibility index (Phi) is 16.8. The number of carboxylic acid groups (broad SMARTS) is 1. The third kappa shape index (κ3) is 13.5. The summed E-state index contributed by atoms with van der Waals surface area (Å²) in [6, 6.07) is 11.9. The molecule has 0 saturated heterocycles. The Hall–Kier alpha value is -3.59. The average molecular weight is 573 g/mol. The Morgan fingerprint density at radius 1 is 1.15 bits per heavy atom. The number of carbonyl (C=O) groups is 3. The molecule has 0 saturated carbocycles. The van der Waals surface area contributed by atoms with E-state index in [4.69, 9.17) is 5.11 Å². The lowest BCUT2D eigenvalue weighted by atomic mass is 9.93. The maximum absolute atomic E-state index is 12.5. The van der Waals surface area contributed by atoms with Crippen molar-refractivity contribution in [2.24, 2.45) is 15.9 Å². The molecule has 10 nitrogen and oxygen atoms in total. The molecule has 1 aliphatic heterocycles. The van der Waals surface area contributed by atoms with Gasteiger partial charge in [-0.25, -0.2) is 9.98 Å². The minimum Gasteiger partial charge on any atom is -0.481 e. The van der Waals surface area contributed by atoms with E-state index in [0.29, 0.717) is 25.1 Å². The number of amides is 2. The minimum atomic E-state index is -1.01. The van der Waals surface area contributed by atoms with Crippen LogP contribution in [0.15, 0.2) is 52.7 Å². The Morgan fingerprint density at radius 2 is 1.90 bits per heavy atom. The first-order valence-electron chi connectivity index (χ1n) is 13.3. The van der Waals surface area contributed by atoms with Gasteiger partial charge in [0.15, 0.2) is 0 Å². The van der Waals surface area contributed by atoms with Gasteiger partial charge in [-0.15, -0.1) is 12.4 Å². The van der Waals surface area contributed by atoms with E-state index in [2.05, 4.69) is 50.6 Å². The van der Waals surface area contributed by atoms with Crippen LogP contribution in [-0.4, -0.2) is 79.1 Å². The first kappa shape index (κ1) is 34.4. The summed E-state index contributed by atoms with van der Waals surface area (Å²) in [5.41, 5.74) is 3.45. The van der Waals surface area contributed by atoms with Crippen LogP contribution in [0.4, 0.5) is 0 Å². The molecular formula is C29H41ClN6O4. The smallest absolute Gasteiger partial charge is 0.304 e. The van der Waals surface area contributed by atoms with Crippen LogP contribution in [0.25, 0.3) is 0 Å². The Balaban J connectivity index is 0.000000569. The van der Waals surface area contributed by atoms with Crippen molar-refractivity contribution in [1.29, 1.82) is 0 Å². The molecule has 3 rings (SSSR count). The predicted molar refractivity (Wildman–Crippen MR) is 158 cm³/mol. The molecule has 0 bridgehead atoms. The summed E-state index contributed by atoms with van der Waals surface area (Å²) < 4.78 is 0. The minimum absolute atomic E-state index is 0. The molecule has 1 atom stereocenters. The number of nitrogens with one attached hydrogen (secondary N) is 2. The first-order valence-corrected chi connectivity index (χ1v) is 13.3. The fourth-order valence-corrected chi connectivity index (χ4v) is 3.97. The standard InChI is InChI=1S/C21H23N3O4.C8H17N3.ClH/c25-19(26)12-18-11-17-10-15(3-4-16(17)13-24-21(18)28)20(27)23-7-1-2-14-5-8-22-9-6-14;1-4-9-8-10-6-5-7-11(2)3;/h3-6,8-10,18H,1-2,7,11-13H2,(H,23,27)(H,24,28)(H,25,26);4-7H2,1-3H3;1H. The van der Waals surface area contributed by atoms with Gasteiger partial charge < -0.3 is 20.6 Å². The second kappa shape index (κ2) is 19.5. The van der Waals surface area contributed by atoms with Crippen LogP contribution in [0.5, 0.6) is 0 Å².